The normalized spacial score (nSPS) is 22.2. The van der Waals surface area contributed by atoms with Crippen LogP contribution in [-0.4, -0.2) is 23.8 Å². The van der Waals surface area contributed by atoms with Gasteiger partial charge in [0.25, 0.3) is 0 Å². The van der Waals surface area contributed by atoms with Crippen molar-refractivity contribution in [1.29, 1.82) is 0 Å². The molecule has 1 atom stereocenters. The molecule has 0 saturated carbocycles. The Hall–Kier alpha value is -0.850. The van der Waals surface area contributed by atoms with Crippen molar-refractivity contribution in [2.24, 2.45) is 10.6 Å². The van der Waals surface area contributed by atoms with Crippen molar-refractivity contribution in [2.75, 3.05) is 5.75 Å². The molecule has 108 valence electrons. The van der Waals surface area contributed by atoms with Crippen LogP contribution in [0, 0.1) is 5.41 Å². The largest absolute Gasteiger partial charge is 0.388 e. The number of aliphatic hydroxyl groups excluding tert-OH is 1. The summed E-state index contributed by atoms with van der Waals surface area (Å²) in [7, 11) is -3.39. The van der Waals surface area contributed by atoms with E-state index >= 15 is 0 Å². The van der Waals surface area contributed by atoms with Gasteiger partial charge in [-0.2, -0.15) is 0 Å². The Morgan fingerprint density at radius 3 is 2.84 bits per heavy atom. The minimum atomic E-state index is -3.39. The number of primary sulfonamides is 1. The number of nitrogens with two attached hydrogens (primary N) is 1. The van der Waals surface area contributed by atoms with Crippen molar-refractivity contribution in [1.82, 2.24) is 4.57 Å². The first kappa shape index (κ1) is 14.6. The molecule has 0 amide bonds. The SMILES string of the molecule is CC1(C)Cc2c(ccn2CCCS(N)(=O)=O)C(O)C1. The van der Waals surface area contributed by atoms with E-state index in [-0.39, 0.29) is 11.2 Å². The van der Waals surface area contributed by atoms with E-state index in [4.69, 9.17) is 5.14 Å². The fraction of sp³-hybridized carbons (Fsp3) is 0.692. The van der Waals surface area contributed by atoms with Crippen LogP contribution >= 0.6 is 0 Å². The van der Waals surface area contributed by atoms with Crippen LogP contribution in [0.4, 0.5) is 0 Å². The molecular weight excluding hydrogens is 264 g/mol. The second kappa shape index (κ2) is 4.92. The minimum absolute atomic E-state index is 0.00804. The summed E-state index contributed by atoms with van der Waals surface area (Å²) in [4.78, 5) is 0. The Balaban J connectivity index is 2.12. The van der Waals surface area contributed by atoms with Gasteiger partial charge in [0.05, 0.1) is 11.9 Å². The number of rotatable bonds is 4. The zero-order valence-electron chi connectivity index (χ0n) is 11.5. The Kier molecular flexibility index (Phi) is 3.77. The van der Waals surface area contributed by atoms with Gasteiger partial charge in [0, 0.05) is 24.0 Å². The Labute approximate surface area is 114 Å². The first-order valence-electron chi connectivity index (χ1n) is 6.54. The molecular formula is C13H22N2O3S. The molecule has 0 spiro atoms. The maximum absolute atomic E-state index is 10.9. The highest BCUT2D eigenvalue weighted by Crippen LogP contribution is 2.41. The molecule has 3 N–H and O–H groups in total. The van der Waals surface area contributed by atoms with E-state index < -0.39 is 16.1 Å². The molecule has 0 fully saturated rings. The lowest BCUT2D eigenvalue weighted by Gasteiger charge is -2.34. The van der Waals surface area contributed by atoms with Crippen LogP contribution in [0.1, 0.15) is 44.1 Å². The average molecular weight is 286 g/mol. The predicted molar refractivity (Wildman–Crippen MR) is 74.1 cm³/mol. The van der Waals surface area contributed by atoms with Crippen molar-refractivity contribution in [3.05, 3.63) is 23.5 Å². The molecule has 1 aromatic rings. The number of fused-ring (bicyclic) bond motifs is 1. The third-order valence-electron chi connectivity index (χ3n) is 3.69. The third-order valence-corrected chi connectivity index (χ3v) is 4.55. The van der Waals surface area contributed by atoms with Gasteiger partial charge in [-0.05, 0) is 30.7 Å². The van der Waals surface area contributed by atoms with Crippen LogP contribution in [0.5, 0.6) is 0 Å². The van der Waals surface area contributed by atoms with Gasteiger partial charge in [-0.1, -0.05) is 13.8 Å². The molecule has 5 nitrogen and oxygen atoms in total. The van der Waals surface area contributed by atoms with Crippen LogP contribution in [0.25, 0.3) is 0 Å². The molecule has 1 aliphatic rings. The van der Waals surface area contributed by atoms with Crippen LogP contribution < -0.4 is 5.14 Å². The van der Waals surface area contributed by atoms with Gasteiger partial charge in [-0.15, -0.1) is 0 Å². The van der Waals surface area contributed by atoms with E-state index in [2.05, 4.69) is 13.8 Å². The fourth-order valence-electron chi connectivity index (χ4n) is 2.83. The second-order valence-electron chi connectivity index (χ2n) is 6.19. The lowest BCUT2D eigenvalue weighted by molar-refractivity contribution is 0.0979. The number of aryl methyl sites for hydroxylation is 1. The molecule has 19 heavy (non-hydrogen) atoms. The Morgan fingerprint density at radius 1 is 1.53 bits per heavy atom. The lowest BCUT2D eigenvalue weighted by Crippen LogP contribution is -2.27. The first-order chi connectivity index (χ1) is 8.68. The zero-order chi connectivity index (χ0) is 14.3. The standard InChI is InChI=1S/C13H22N2O3S/c1-13(2)8-11-10(12(16)9-13)4-6-15(11)5-3-7-19(14,17)18/h4,6,12,16H,3,5,7-9H2,1-2H3,(H2,14,17,18). The number of nitrogens with zero attached hydrogens (tertiary/aromatic N) is 1. The summed E-state index contributed by atoms with van der Waals surface area (Å²) >= 11 is 0. The molecule has 1 unspecified atom stereocenters. The third kappa shape index (κ3) is 3.58. The van der Waals surface area contributed by atoms with Gasteiger partial charge >= 0.3 is 0 Å². The molecule has 0 aromatic carbocycles. The molecule has 1 heterocycles. The van der Waals surface area contributed by atoms with Gasteiger partial charge in [-0.25, -0.2) is 13.6 Å². The van der Waals surface area contributed by atoms with Gasteiger partial charge in [0.1, 0.15) is 0 Å². The van der Waals surface area contributed by atoms with E-state index in [1.807, 2.05) is 16.8 Å². The number of hydrogen-bond acceptors (Lipinski definition) is 3. The first-order valence-corrected chi connectivity index (χ1v) is 8.26. The van der Waals surface area contributed by atoms with Crippen molar-refractivity contribution in [3.8, 4) is 0 Å². The summed E-state index contributed by atoms with van der Waals surface area (Å²) in [5, 5.41) is 15.1. The number of aliphatic hydroxyl groups is 1. The quantitative estimate of drug-likeness (QED) is 0.871. The highest BCUT2D eigenvalue weighted by atomic mass is 32.2. The van der Waals surface area contributed by atoms with Crippen LogP contribution in [0.15, 0.2) is 12.3 Å². The highest BCUT2D eigenvalue weighted by molar-refractivity contribution is 7.89. The zero-order valence-corrected chi connectivity index (χ0v) is 12.3. The summed E-state index contributed by atoms with van der Waals surface area (Å²) in [6.45, 7) is 4.90. The van der Waals surface area contributed by atoms with Crippen molar-refractivity contribution < 1.29 is 13.5 Å². The summed E-state index contributed by atoms with van der Waals surface area (Å²) in [6, 6.07) is 1.94. The minimum Gasteiger partial charge on any atom is -0.388 e. The predicted octanol–water partition coefficient (Wildman–Crippen LogP) is 1.17. The van der Waals surface area contributed by atoms with E-state index in [0.717, 1.165) is 24.1 Å². The fourth-order valence-corrected chi connectivity index (χ4v) is 3.37. The summed E-state index contributed by atoms with van der Waals surface area (Å²) in [6.07, 6.45) is 3.68. The number of aromatic nitrogens is 1. The summed E-state index contributed by atoms with van der Waals surface area (Å²) < 4.78 is 23.9. The van der Waals surface area contributed by atoms with E-state index in [1.165, 1.54) is 0 Å². The monoisotopic (exact) mass is 286 g/mol. The summed E-state index contributed by atoms with van der Waals surface area (Å²) in [5.74, 6) is -0.00804. The van der Waals surface area contributed by atoms with E-state index in [9.17, 15) is 13.5 Å². The van der Waals surface area contributed by atoms with Crippen molar-refractivity contribution in [3.63, 3.8) is 0 Å². The topological polar surface area (TPSA) is 85.3 Å². The lowest BCUT2D eigenvalue weighted by atomic mass is 9.75. The number of hydrogen-bond donors (Lipinski definition) is 2. The molecule has 1 aromatic heterocycles. The molecule has 0 saturated heterocycles. The molecule has 2 rings (SSSR count). The van der Waals surface area contributed by atoms with Crippen molar-refractivity contribution in [2.45, 2.75) is 45.8 Å². The molecule has 0 bridgehead atoms. The Bertz CT molecular complexity index is 560. The number of sulfonamides is 1. The molecule has 0 radical (unpaired) electrons. The van der Waals surface area contributed by atoms with Crippen LogP contribution in [0.2, 0.25) is 0 Å². The van der Waals surface area contributed by atoms with Crippen LogP contribution in [0.3, 0.4) is 0 Å². The maximum atomic E-state index is 10.9. The maximum Gasteiger partial charge on any atom is 0.209 e. The van der Waals surface area contributed by atoms with E-state index in [1.54, 1.807) is 0 Å². The molecule has 1 aliphatic carbocycles. The average Bonchev–Trinajstić information content (AvgIpc) is 2.58. The smallest absolute Gasteiger partial charge is 0.209 e. The van der Waals surface area contributed by atoms with Gasteiger partial charge in [0.15, 0.2) is 0 Å². The highest BCUT2D eigenvalue weighted by Gasteiger charge is 2.33. The van der Waals surface area contributed by atoms with Crippen molar-refractivity contribution >= 4 is 10.0 Å². The van der Waals surface area contributed by atoms with Gasteiger partial charge in [-0.3, -0.25) is 0 Å². The van der Waals surface area contributed by atoms with Gasteiger partial charge in [0.2, 0.25) is 10.0 Å². The second-order valence-corrected chi connectivity index (χ2v) is 7.93. The van der Waals surface area contributed by atoms with Gasteiger partial charge < -0.3 is 9.67 Å². The summed E-state index contributed by atoms with van der Waals surface area (Å²) in [5.41, 5.74) is 2.18. The van der Waals surface area contributed by atoms with E-state index in [0.29, 0.717) is 13.0 Å². The van der Waals surface area contributed by atoms with Crippen LogP contribution in [-0.2, 0) is 23.0 Å². The molecule has 0 aliphatic heterocycles. The molecule has 6 heteroatoms. The Morgan fingerprint density at radius 2 is 2.21 bits per heavy atom.